The summed E-state index contributed by atoms with van der Waals surface area (Å²) in [5, 5.41) is 0.667. The maximum Gasteiger partial charge on any atom is 0.234 e. The SMILES string of the molecule is O=C(N1CCc2ccccc2[C@@H]1c1ccccc1F)C1(c2ccc(Cl)cc2)CCCC1. The lowest BCUT2D eigenvalue weighted by molar-refractivity contribution is -0.139. The smallest absolute Gasteiger partial charge is 0.234 e. The molecule has 1 saturated carbocycles. The molecule has 2 nitrogen and oxygen atoms in total. The highest BCUT2D eigenvalue weighted by atomic mass is 35.5. The average Bonchev–Trinajstić information content (AvgIpc) is 3.30. The van der Waals surface area contributed by atoms with Gasteiger partial charge in [-0.3, -0.25) is 4.79 Å². The minimum Gasteiger partial charge on any atom is -0.330 e. The second-order valence-corrected chi connectivity index (χ2v) is 9.10. The molecule has 0 radical (unpaired) electrons. The first-order valence-corrected chi connectivity index (χ1v) is 11.4. The molecule has 0 unspecified atom stereocenters. The van der Waals surface area contributed by atoms with Gasteiger partial charge in [0.15, 0.2) is 0 Å². The monoisotopic (exact) mass is 433 g/mol. The van der Waals surface area contributed by atoms with Crippen molar-refractivity contribution in [1.29, 1.82) is 0 Å². The van der Waals surface area contributed by atoms with Gasteiger partial charge in [0.05, 0.1) is 11.5 Å². The molecule has 3 aromatic carbocycles. The second-order valence-electron chi connectivity index (χ2n) is 8.67. The number of hydrogen-bond acceptors (Lipinski definition) is 1. The number of rotatable bonds is 3. The van der Waals surface area contributed by atoms with E-state index < -0.39 is 11.5 Å². The molecular weight excluding hydrogens is 409 g/mol. The first kappa shape index (κ1) is 20.3. The molecule has 5 rings (SSSR count). The molecule has 3 aromatic rings. The molecule has 4 heteroatoms. The highest BCUT2D eigenvalue weighted by Gasteiger charge is 2.47. The maximum absolute atomic E-state index is 15.0. The summed E-state index contributed by atoms with van der Waals surface area (Å²) < 4.78 is 15.0. The van der Waals surface area contributed by atoms with E-state index in [1.54, 1.807) is 6.07 Å². The summed E-state index contributed by atoms with van der Waals surface area (Å²) in [6.07, 6.45) is 4.45. The highest BCUT2D eigenvalue weighted by molar-refractivity contribution is 6.30. The minimum absolute atomic E-state index is 0.107. The van der Waals surface area contributed by atoms with E-state index in [4.69, 9.17) is 11.6 Å². The fourth-order valence-electron chi connectivity index (χ4n) is 5.47. The van der Waals surface area contributed by atoms with Crippen LogP contribution in [0.1, 0.15) is 54.0 Å². The van der Waals surface area contributed by atoms with E-state index in [-0.39, 0.29) is 11.7 Å². The maximum atomic E-state index is 15.0. The van der Waals surface area contributed by atoms with Gasteiger partial charge in [-0.05, 0) is 54.2 Å². The largest absolute Gasteiger partial charge is 0.330 e. The molecule has 1 heterocycles. The molecule has 0 spiro atoms. The van der Waals surface area contributed by atoms with Gasteiger partial charge in [0.1, 0.15) is 5.82 Å². The summed E-state index contributed by atoms with van der Waals surface area (Å²) in [5.74, 6) is -0.163. The molecule has 158 valence electrons. The van der Waals surface area contributed by atoms with Gasteiger partial charge < -0.3 is 4.90 Å². The molecule has 1 atom stereocenters. The molecule has 2 aliphatic rings. The van der Waals surface area contributed by atoms with Gasteiger partial charge in [-0.25, -0.2) is 4.39 Å². The Balaban J connectivity index is 1.63. The van der Waals surface area contributed by atoms with Crippen LogP contribution in [0.2, 0.25) is 5.02 Å². The normalized spacial score (nSPS) is 19.8. The number of fused-ring (bicyclic) bond motifs is 1. The van der Waals surface area contributed by atoms with Crippen LogP contribution in [0.15, 0.2) is 72.8 Å². The lowest BCUT2D eigenvalue weighted by Gasteiger charge is -2.43. The molecule has 0 bridgehead atoms. The van der Waals surface area contributed by atoms with E-state index in [2.05, 4.69) is 6.07 Å². The van der Waals surface area contributed by atoms with Crippen LogP contribution in [0, 0.1) is 5.82 Å². The number of nitrogens with zero attached hydrogens (tertiary/aromatic N) is 1. The first-order valence-electron chi connectivity index (χ1n) is 11.0. The molecule has 1 aliphatic heterocycles. The van der Waals surface area contributed by atoms with Crippen LogP contribution in [-0.2, 0) is 16.6 Å². The third-order valence-corrected chi connectivity index (χ3v) is 7.26. The predicted octanol–water partition coefficient (Wildman–Crippen LogP) is 6.47. The van der Waals surface area contributed by atoms with Crippen LogP contribution >= 0.6 is 11.6 Å². The Kier molecular flexibility index (Phi) is 5.31. The molecule has 1 fully saturated rings. The van der Waals surface area contributed by atoms with Crippen LogP contribution in [0.25, 0.3) is 0 Å². The van der Waals surface area contributed by atoms with Crippen molar-refractivity contribution >= 4 is 17.5 Å². The van der Waals surface area contributed by atoms with Crippen molar-refractivity contribution in [2.24, 2.45) is 0 Å². The molecule has 1 amide bonds. The summed E-state index contributed by atoms with van der Waals surface area (Å²) in [6.45, 7) is 0.587. The van der Waals surface area contributed by atoms with Crippen molar-refractivity contribution in [3.05, 3.63) is 106 Å². The van der Waals surface area contributed by atoms with Gasteiger partial charge in [0.25, 0.3) is 0 Å². The van der Waals surface area contributed by atoms with Crippen LogP contribution < -0.4 is 0 Å². The summed E-state index contributed by atoms with van der Waals surface area (Å²) in [6, 6.07) is 22.3. The van der Waals surface area contributed by atoms with Crippen LogP contribution in [0.3, 0.4) is 0 Å². The Labute approximate surface area is 187 Å². The van der Waals surface area contributed by atoms with Gasteiger partial charge in [-0.2, -0.15) is 0 Å². The van der Waals surface area contributed by atoms with E-state index in [0.29, 0.717) is 17.1 Å². The van der Waals surface area contributed by atoms with Gasteiger partial charge in [-0.15, -0.1) is 0 Å². The van der Waals surface area contributed by atoms with Gasteiger partial charge in [-0.1, -0.05) is 79.0 Å². The lowest BCUT2D eigenvalue weighted by atomic mass is 9.76. The van der Waals surface area contributed by atoms with Crippen molar-refractivity contribution < 1.29 is 9.18 Å². The topological polar surface area (TPSA) is 20.3 Å². The minimum atomic E-state index is -0.569. The third kappa shape index (κ3) is 3.45. The first-order chi connectivity index (χ1) is 15.1. The van der Waals surface area contributed by atoms with E-state index in [9.17, 15) is 9.18 Å². The number of benzene rings is 3. The highest BCUT2D eigenvalue weighted by Crippen LogP contribution is 2.46. The molecular formula is C27H25ClFNO. The number of amides is 1. The van der Waals surface area contributed by atoms with Gasteiger partial charge in [0, 0.05) is 17.1 Å². The molecule has 31 heavy (non-hydrogen) atoms. The zero-order chi connectivity index (χ0) is 21.4. The van der Waals surface area contributed by atoms with Crippen molar-refractivity contribution in [2.45, 2.75) is 43.6 Å². The predicted molar refractivity (Wildman–Crippen MR) is 122 cm³/mol. The molecule has 0 aromatic heterocycles. The van der Waals surface area contributed by atoms with Crippen molar-refractivity contribution in [3.63, 3.8) is 0 Å². The van der Waals surface area contributed by atoms with Crippen LogP contribution in [-0.4, -0.2) is 17.4 Å². The summed E-state index contributed by atoms with van der Waals surface area (Å²) in [7, 11) is 0. The molecule has 0 saturated heterocycles. The van der Waals surface area contributed by atoms with Gasteiger partial charge >= 0.3 is 0 Å². The van der Waals surface area contributed by atoms with Crippen molar-refractivity contribution in [3.8, 4) is 0 Å². The summed E-state index contributed by atoms with van der Waals surface area (Å²) >= 11 is 6.13. The Morgan fingerprint density at radius 3 is 2.26 bits per heavy atom. The quantitative estimate of drug-likeness (QED) is 0.463. The fraction of sp³-hybridized carbons (Fsp3) is 0.296. The zero-order valence-corrected chi connectivity index (χ0v) is 18.1. The van der Waals surface area contributed by atoms with E-state index in [0.717, 1.165) is 43.2 Å². The van der Waals surface area contributed by atoms with E-state index >= 15 is 0 Å². The van der Waals surface area contributed by atoms with Crippen molar-refractivity contribution in [1.82, 2.24) is 4.90 Å². The Bertz CT molecular complexity index is 1100. The fourth-order valence-corrected chi connectivity index (χ4v) is 5.59. The number of carbonyl (C=O) groups is 1. The third-order valence-electron chi connectivity index (χ3n) is 7.01. The Hall–Kier alpha value is -2.65. The molecule has 0 N–H and O–H groups in total. The Morgan fingerprint density at radius 1 is 0.903 bits per heavy atom. The zero-order valence-electron chi connectivity index (χ0n) is 17.4. The van der Waals surface area contributed by atoms with Crippen molar-refractivity contribution in [2.75, 3.05) is 6.54 Å². The number of carbonyl (C=O) groups excluding carboxylic acids is 1. The average molecular weight is 434 g/mol. The summed E-state index contributed by atoms with van der Waals surface area (Å²) in [5.41, 5.74) is 3.22. The van der Waals surface area contributed by atoms with Crippen LogP contribution in [0.4, 0.5) is 4.39 Å². The van der Waals surface area contributed by atoms with Crippen LogP contribution in [0.5, 0.6) is 0 Å². The molecule has 1 aliphatic carbocycles. The second kappa shape index (κ2) is 8.12. The Morgan fingerprint density at radius 2 is 1.55 bits per heavy atom. The lowest BCUT2D eigenvalue weighted by Crippen LogP contribution is -2.50. The van der Waals surface area contributed by atoms with Gasteiger partial charge in [0.2, 0.25) is 5.91 Å². The van der Waals surface area contributed by atoms with E-state index in [1.165, 1.54) is 11.6 Å². The number of hydrogen-bond donors (Lipinski definition) is 0. The standard InChI is InChI=1S/C27H25ClFNO/c28-21-13-11-20(12-14-21)27(16-5-6-17-27)26(31)30-18-15-19-7-1-2-8-22(19)25(30)23-9-3-4-10-24(23)29/h1-4,7-14,25H,5-6,15-18H2/t25-/m1/s1. The summed E-state index contributed by atoms with van der Waals surface area (Å²) in [4.78, 5) is 16.2. The number of halogens is 2. The van der Waals surface area contributed by atoms with E-state index in [1.807, 2.05) is 59.5 Å².